The van der Waals surface area contributed by atoms with E-state index in [0.29, 0.717) is 18.9 Å². The molecular formula is C12H23NO4S. The molecule has 2 aliphatic rings. The van der Waals surface area contributed by atoms with E-state index in [1.54, 1.807) is 7.11 Å². The molecule has 1 saturated carbocycles. The lowest BCUT2D eigenvalue weighted by Gasteiger charge is -2.23. The first-order valence-electron chi connectivity index (χ1n) is 6.70. The maximum atomic E-state index is 12.4. The van der Waals surface area contributed by atoms with Gasteiger partial charge in [0.15, 0.2) is 0 Å². The first-order valence-corrected chi connectivity index (χ1v) is 8.31. The number of methoxy groups -OCH3 is 1. The third-order valence-corrected chi connectivity index (χ3v) is 6.20. The minimum Gasteiger partial charge on any atom is -0.395 e. The summed E-state index contributed by atoms with van der Waals surface area (Å²) in [5, 5.41) is 9.31. The molecular weight excluding hydrogens is 254 g/mol. The highest BCUT2D eigenvalue weighted by Crippen LogP contribution is 2.30. The van der Waals surface area contributed by atoms with E-state index in [0.717, 1.165) is 25.7 Å². The summed E-state index contributed by atoms with van der Waals surface area (Å²) in [4.78, 5) is 0. The van der Waals surface area contributed by atoms with Crippen LogP contribution in [0.1, 0.15) is 32.1 Å². The zero-order chi connectivity index (χ0) is 13.2. The topological polar surface area (TPSA) is 66.8 Å². The van der Waals surface area contributed by atoms with Crippen LogP contribution in [0.4, 0.5) is 0 Å². The van der Waals surface area contributed by atoms with Gasteiger partial charge in [0.05, 0.1) is 24.5 Å². The van der Waals surface area contributed by atoms with Gasteiger partial charge in [-0.2, -0.15) is 4.31 Å². The fourth-order valence-electron chi connectivity index (χ4n) is 3.09. The van der Waals surface area contributed by atoms with Crippen LogP contribution < -0.4 is 0 Å². The first kappa shape index (κ1) is 14.2. The van der Waals surface area contributed by atoms with Crippen molar-refractivity contribution >= 4 is 10.0 Å². The summed E-state index contributed by atoms with van der Waals surface area (Å²) in [5.41, 5.74) is 0. The highest BCUT2D eigenvalue weighted by Gasteiger charge is 2.40. The second-order valence-corrected chi connectivity index (χ2v) is 7.39. The standard InChI is InChI=1S/C12H23NO4S/c1-17-12-6-11(8-14)13(7-12)18(15,16)9-10-4-2-3-5-10/h10-12,14H,2-9H2,1H3/t11-,12+/m0/s1. The quantitative estimate of drug-likeness (QED) is 0.798. The average molecular weight is 277 g/mol. The molecule has 0 amide bonds. The van der Waals surface area contributed by atoms with Crippen LogP contribution in [0, 0.1) is 5.92 Å². The van der Waals surface area contributed by atoms with Crippen molar-refractivity contribution in [2.75, 3.05) is 26.0 Å². The van der Waals surface area contributed by atoms with Gasteiger partial charge in [0.2, 0.25) is 10.0 Å². The van der Waals surface area contributed by atoms with Crippen LogP contribution in [0.25, 0.3) is 0 Å². The maximum absolute atomic E-state index is 12.4. The largest absolute Gasteiger partial charge is 0.395 e. The predicted octanol–water partition coefficient (Wildman–Crippen LogP) is 0.588. The SMILES string of the molecule is CO[C@@H]1C[C@@H](CO)N(S(=O)(=O)CC2CCCC2)C1. The molecule has 0 aromatic carbocycles. The number of nitrogens with zero attached hydrogens (tertiary/aromatic N) is 1. The molecule has 0 aromatic rings. The molecule has 0 bridgehead atoms. The Morgan fingerprint density at radius 1 is 1.33 bits per heavy atom. The Bertz CT molecular complexity index is 364. The zero-order valence-electron chi connectivity index (χ0n) is 10.9. The Balaban J connectivity index is 2.03. The highest BCUT2D eigenvalue weighted by atomic mass is 32.2. The molecule has 1 saturated heterocycles. The van der Waals surface area contributed by atoms with Gasteiger partial charge >= 0.3 is 0 Å². The van der Waals surface area contributed by atoms with Crippen molar-refractivity contribution in [2.45, 2.75) is 44.2 Å². The summed E-state index contributed by atoms with van der Waals surface area (Å²) in [5.74, 6) is 0.538. The van der Waals surface area contributed by atoms with Crippen molar-refractivity contribution in [3.8, 4) is 0 Å². The van der Waals surface area contributed by atoms with Gasteiger partial charge in [-0.3, -0.25) is 0 Å². The number of aliphatic hydroxyl groups excluding tert-OH is 1. The molecule has 2 atom stereocenters. The van der Waals surface area contributed by atoms with E-state index in [1.165, 1.54) is 4.31 Å². The van der Waals surface area contributed by atoms with E-state index in [-0.39, 0.29) is 24.5 Å². The first-order chi connectivity index (χ1) is 8.56. The smallest absolute Gasteiger partial charge is 0.214 e. The molecule has 106 valence electrons. The molecule has 2 rings (SSSR count). The third kappa shape index (κ3) is 3.04. The molecule has 2 fully saturated rings. The summed E-state index contributed by atoms with van der Waals surface area (Å²) in [6.45, 7) is 0.264. The van der Waals surface area contributed by atoms with Crippen LogP contribution in [-0.4, -0.2) is 56.0 Å². The van der Waals surface area contributed by atoms with Crippen LogP contribution in [0.3, 0.4) is 0 Å². The number of rotatable bonds is 5. The van der Waals surface area contributed by atoms with Crippen molar-refractivity contribution in [3.05, 3.63) is 0 Å². The molecule has 6 heteroatoms. The third-order valence-electron chi connectivity index (χ3n) is 4.15. The predicted molar refractivity (Wildman–Crippen MR) is 68.7 cm³/mol. The van der Waals surface area contributed by atoms with Gasteiger partial charge in [-0.1, -0.05) is 12.8 Å². The van der Waals surface area contributed by atoms with Gasteiger partial charge in [0.25, 0.3) is 0 Å². The summed E-state index contributed by atoms with van der Waals surface area (Å²) in [6, 6.07) is -0.304. The number of sulfonamides is 1. The van der Waals surface area contributed by atoms with Crippen molar-refractivity contribution in [1.29, 1.82) is 0 Å². The lowest BCUT2D eigenvalue weighted by molar-refractivity contribution is 0.113. The van der Waals surface area contributed by atoms with Crippen molar-refractivity contribution < 1.29 is 18.3 Å². The van der Waals surface area contributed by atoms with E-state index in [9.17, 15) is 13.5 Å². The summed E-state index contributed by atoms with van der Waals surface area (Å²) in [6.07, 6.45) is 4.83. The van der Waals surface area contributed by atoms with Gasteiger partial charge < -0.3 is 9.84 Å². The molecule has 1 heterocycles. The van der Waals surface area contributed by atoms with E-state index < -0.39 is 10.0 Å². The number of hydrogen-bond donors (Lipinski definition) is 1. The Labute approximate surface area is 109 Å². The van der Waals surface area contributed by atoms with Crippen molar-refractivity contribution in [2.24, 2.45) is 5.92 Å². The van der Waals surface area contributed by atoms with Crippen LogP contribution in [0.2, 0.25) is 0 Å². The van der Waals surface area contributed by atoms with Crippen LogP contribution >= 0.6 is 0 Å². The van der Waals surface area contributed by atoms with Crippen molar-refractivity contribution in [1.82, 2.24) is 4.31 Å². The second-order valence-electron chi connectivity index (χ2n) is 5.43. The Kier molecular flexibility index (Phi) is 4.64. The minimum absolute atomic E-state index is 0.0829. The summed E-state index contributed by atoms with van der Waals surface area (Å²) >= 11 is 0. The average Bonchev–Trinajstić information content (AvgIpc) is 2.96. The van der Waals surface area contributed by atoms with Crippen LogP contribution in [0.15, 0.2) is 0 Å². The molecule has 1 N–H and O–H groups in total. The molecule has 0 radical (unpaired) electrons. The van der Waals surface area contributed by atoms with Gasteiger partial charge in [0, 0.05) is 13.7 Å². The normalized spacial score (nSPS) is 31.2. The lowest BCUT2D eigenvalue weighted by Crippen LogP contribution is -2.40. The van der Waals surface area contributed by atoms with Crippen LogP contribution in [0.5, 0.6) is 0 Å². The van der Waals surface area contributed by atoms with Gasteiger partial charge in [0.1, 0.15) is 0 Å². The molecule has 1 aliphatic heterocycles. The molecule has 1 aliphatic carbocycles. The number of ether oxygens (including phenoxy) is 1. The monoisotopic (exact) mass is 277 g/mol. The van der Waals surface area contributed by atoms with Gasteiger partial charge in [-0.05, 0) is 25.2 Å². The molecule has 5 nitrogen and oxygen atoms in total. The zero-order valence-corrected chi connectivity index (χ0v) is 11.7. The Morgan fingerprint density at radius 3 is 2.56 bits per heavy atom. The van der Waals surface area contributed by atoms with Gasteiger partial charge in [-0.25, -0.2) is 8.42 Å². The van der Waals surface area contributed by atoms with Gasteiger partial charge in [-0.15, -0.1) is 0 Å². The van der Waals surface area contributed by atoms with E-state index in [2.05, 4.69) is 0 Å². The van der Waals surface area contributed by atoms with E-state index in [1.807, 2.05) is 0 Å². The number of aliphatic hydroxyl groups is 1. The molecule has 0 spiro atoms. The molecule has 18 heavy (non-hydrogen) atoms. The fraction of sp³-hybridized carbons (Fsp3) is 1.00. The van der Waals surface area contributed by atoms with Crippen LogP contribution in [-0.2, 0) is 14.8 Å². The summed E-state index contributed by atoms with van der Waals surface area (Å²) < 4.78 is 31.4. The summed E-state index contributed by atoms with van der Waals surface area (Å²) in [7, 11) is -1.66. The minimum atomic E-state index is -3.25. The number of hydrogen-bond acceptors (Lipinski definition) is 4. The molecule has 0 unspecified atom stereocenters. The van der Waals surface area contributed by atoms with E-state index >= 15 is 0 Å². The maximum Gasteiger partial charge on any atom is 0.214 e. The Morgan fingerprint density at radius 2 is 2.00 bits per heavy atom. The van der Waals surface area contributed by atoms with E-state index in [4.69, 9.17) is 4.74 Å². The highest BCUT2D eigenvalue weighted by molar-refractivity contribution is 7.89. The molecule has 0 aromatic heterocycles. The Hall–Kier alpha value is -0.170. The second kappa shape index (κ2) is 5.86. The fourth-order valence-corrected chi connectivity index (χ4v) is 5.21. The lowest BCUT2D eigenvalue weighted by atomic mass is 10.1. The van der Waals surface area contributed by atoms with Crippen molar-refractivity contribution in [3.63, 3.8) is 0 Å².